The molecule has 2 aromatic heterocycles. The topological polar surface area (TPSA) is 88.2 Å². The molecule has 0 aliphatic rings. The number of nitrogens with one attached hydrogen (secondary N) is 2. The second kappa shape index (κ2) is 7.74. The van der Waals surface area contributed by atoms with Crippen molar-refractivity contribution in [2.75, 3.05) is 7.05 Å². The van der Waals surface area contributed by atoms with Crippen LogP contribution in [0.4, 0.5) is 0 Å². The summed E-state index contributed by atoms with van der Waals surface area (Å²) in [6.45, 7) is 11.5. The number of hydrogen-bond donors (Lipinski definition) is 2. The van der Waals surface area contributed by atoms with Crippen LogP contribution in [0.3, 0.4) is 0 Å². The van der Waals surface area contributed by atoms with Gasteiger partial charge >= 0.3 is 0 Å². The molecule has 0 unspecified atom stereocenters. The lowest BCUT2D eigenvalue weighted by Gasteiger charge is -2.10. The molecule has 0 fully saturated rings. The van der Waals surface area contributed by atoms with Crippen LogP contribution >= 0.6 is 11.3 Å². The summed E-state index contributed by atoms with van der Waals surface area (Å²) < 4.78 is 5.28. The molecule has 7 nitrogen and oxygen atoms in total. The van der Waals surface area contributed by atoms with E-state index in [1.165, 1.54) is 0 Å². The Morgan fingerprint density at radius 3 is 2.50 bits per heavy atom. The SMILES string of the molecule is CN=C(NCc1noc(C(C)(C)C)n1)NCc1nc(C(C)C)cs1. The molecular formula is C16H26N6OS. The molecule has 2 N–H and O–H groups in total. The quantitative estimate of drug-likeness (QED) is 0.637. The Morgan fingerprint density at radius 2 is 1.96 bits per heavy atom. The fourth-order valence-electron chi connectivity index (χ4n) is 1.84. The number of hydrogen-bond acceptors (Lipinski definition) is 6. The summed E-state index contributed by atoms with van der Waals surface area (Å²) in [6, 6.07) is 0. The van der Waals surface area contributed by atoms with Gasteiger partial charge in [-0.3, -0.25) is 4.99 Å². The molecule has 0 aliphatic carbocycles. The molecule has 2 heterocycles. The molecule has 24 heavy (non-hydrogen) atoms. The summed E-state index contributed by atoms with van der Waals surface area (Å²) in [6.07, 6.45) is 0. The third-order valence-electron chi connectivity index (χ3n) is 3.32. The monoisotopic (exact) mass is 350 g/mol. The van der Waals surface area contributed by atoms with Gasteiger partial charge in [0.25, 0.3) is 0 Å². The fourth-order valence-corrected chi connectivity index (χ4v) is 2.74. The van der Waals surface area contributed by atoms with E-state index in [-0.39, 0.29) is 5.41 Å². The molecule has 0 radical (unpaired) electrons. The molecule has 2 rings (SSSR count). The van der Waals surface area contributed by atoms with Crippen molar-refractivity contribution in [3.8, 4) is 0 Å². The van der Waals surface area contributed by atoms with Crippen LogP contribution in [0, 0.1) is 0 Å². The molecule has 8 heteroatoms. The van der Waals surface area contributed by atoms with Crippen LogP contribution in [0.15, 0.2) is 14.9 Å². The average Bonchev–Trinajstić information content (AvgIpc) is 3.16. The van der Waals surface area contributed by atoms with Gasteiger partial charge in [0.15, 0.2) is 11.8 Å². The molecule has 0 amide bonds. The molecule has 2 aromatic rings. The van der Waals surface area contributed by atoms with Gasteiger partial charge in [0.05, 0.1) is 18.8 Å². The van der Waals surface area contributed by atoms with E-state index >= 15 is 0 Å². The van der Waals surface area contributed by atoms with Gasteiger partial charge in [-0.15, -0.1) is 11.3 Å². The van der Waals surface area contributed by atoms with E-state index < -0.39 is 0 Å². The Labute approximate surface area is 147 Å². The minimum absolute atomic E-state index is 0.149. The van der Waals surface area contributed by atoms with Gasteiger partial charge in [0.1, 0.15) is 5.01 Å². The third kappa shape index (κ3) is 5.02. The average molecular weight is 350 g/mol. The van der Waals surface area contributed by atoms with Crippen molar-refractivity contribution in [3.63, 3.8) is 0 Å². The third-order valence-corrected chi connectivity index (χ3v) is 4.18. The van der Waals surface area contributed by atoms with Crippen molar-refractivity contribution in [1.82, 2.24) is 25.8 Å². The maximum absolute atomic E-state index is 5.28. The standard InChI is InChI=1S/C16H26N6OS/c1-10(2)11-9-24-13(20-11)8-19-15(17-6)18-7-12-21-14(23-22-12)16(3,4)5/h9-10H,7-8H2,1-6H3,(H2,17,18,19). The predicted molar refractivity (Wildman–Crippen MR) is 96.2 cm³/mol. The van der Waals surface area contributed by atoms with E-state index in [4.69, 9.17) is 4.52 Å². The lowest BCUT2D eigenvalue weighted by atomic mass is 9.97. The second-order valence-electron chi connectivity index (χ2n) is 6.87. The number of thiazole rings is 1. The highest BCUT2D eigenvalue weighted by atomic mass is 32.1. The number of aromatic nitrogens is 3. The summed E-state index contributed by atoms with van der Waals surface area (Å²) in [7, 11) is 1.73. The maximum atomic E-state index is 5.28. The zero-order valence-electron chi connectivity index (χ0n) is 15.2. The molecular weight excluding hydrogens is 324 g/mol. The summed E-state index contributed by atoms with van der Waals surface area (Å²) in [5.74, 6) is 2.37. The predicted octanol–water partition coefficient (Wildman–Crippen LogP) is 2.81. The van der Waals surface area contributed by atoms with E-state index in [1.54, 1.807) is 18.4 Å². The molecule has 0 aromatic carbocycles. The summed E-state index contributed by atoms with van der Waals surface area (Å²) in [5.41, 5.74) is 0.977. The summed E-state index contributed by atoms with van der Waals surface area (Å²) in [5, 5.41) is 13.6. The molecule has 0 saturated carbocycles. The Balaban J connectivity index is 1.85. The second-order valence-corrected chi connectivity index (χ2v) is 7.81. The number of aliphatic imine (C=N–C) groups is 1. The molecule has 132 valence electrons. The first-order chi connectivity index (χ1) is 11.3. The van der Waals surface area contributed by atoms with E-state index in [0.717, 1.165) is 10.7 Å². The molecule has 0 atom stereocenters. The number of rotatable bonds is 5. The highest BCUT2D eigenvalue weighted by Crippen LogP contribution is 2.19. The van der Waals surface area contributed by atoms with Gasteiger partial charge in [-0.05, 0) is 5.92 Å². The van der Waals surface area contributed by atoms with Crippen LogP contribution in [0.1, 0.15) is 63.0 Å². The first kappa shape index (κ1) is 18.4. The van der Waals surface area contributed by atoms with Crippen molar-refractivity contribution >= 4 is 17.3 Å². The highest BCUT2D eigenvalue weighted by molar-refractivity contribution is 7.09. The zero-order chi connectivity index (χ0) is 17.7. The van der Waals surface area contributed by atoms with Gasteiger partial charge in [-0.2, -0.15) is 4.98 Å². The lowest BCUT2D eigenvalue weighted by Crippen LogP contribution is -2.36. The van der Waals surface area contributed by atoms with E-state index in [1.807, 2.05) is 20.8 Å². The van der Waals surface area contributed by atoms with Crippen molar-refractivity contribution in [3.05, 3.63) is 27.8 Å². The van der Waals surface area contributed by atoms with E-state index in [9.17, 15) is 0 Å². The van der Waals surface area contributed by atoms with Gasteiger partial charge in [-0.1, -0.05) is 39.8 Å². The summed E-state index contributed by atoms with van der Waals surface area (Å²) >= 11 is 1.65. The normalized spacial score (nSPS) is 12.7. The molecule has 0 spiro atoms. The Kier molecular flexibility index (Phi) is 5.93. The van der Waals surface area contributed by atoms with Crippen LogP contribution in [-0.2, 0) is 18.5 Å². The van der Waals surface area contributed by atoms with Gasteiger partial charge < -0.3 is 15.2 Å². The van der Waals surface area contributed by atoms with Crippen molar-refractivity contribution < 1.29 is 4.52 Å². The first-order valence-corrected chi connectivity index (χ1v) is 8.89. The fraction of sp³-hybridized carbons (Fsp3) is 0.625. The van der Waals surface area contributed by atoms with E-state index in [2.05, 4.69) is 50.0 Å². The van der Waals surface area contributed by atoms with Gasteiger partial charge in [0.2, 0.25) is 5.89 Å². The van der Waals surface area contributed by atoms with Crippen LogP contribution < -0.4 is 10.6 Å². The van der Waals surface area contributed by atoms with Crippen molar-refractivity contribution in [2.45, 2.75) is 59.0 Å². The molecule has 0 bridgehead atoms. The van der Waals surface area contributed by atoms with Gasteiger partial charge in [0, 0.05) is 17.8 Å². The minimum Gasteiger partial charge on any atom is -0.350 e. The number of nitrogens with zero attached hydrogens (tertiary/aromatic N) is 4. The lowest BCUT2D eigenvalue weighted by molar-refractivity contribution is 0.318. The van der Waals surface area contributed by atoms with Crippen LogP contribution in [-0.4, -0.2) is 28.1 Å². The van der Waals surface area contributed by atoms with Crippen molar-refractivity contribution in [2.24, 2.45) is 4.99 Å². The first-order valence-electron chi connectivity index (χ1n) is 8.01. The van der Waals surface area contributed by atoms with Crippen molar-refractivity contribution in [1.29, 1.82) is 0 Å². The maximum Gasteiger partial charge on any atom is 0.232 e. The highest BCUT2D eigenvalue weighted by Gasteiger charge is 2.21. The summed E-state index contributed by atoms with van der Waals surface area (Å²) in [4.78, 5) is 13.2. The Hall–Kier alpha value is -1.96. The zero-order valence-corrected chi connectivity index (χ0v) is 16.0. The molecule has 0 aliphatic heterocycles. The van der Waals surface area contributed by atoms with E-state index in [0.29, 0.717) is 36.7 Å². The van der Waals surface area contributed by atoms with Crippen LogP contribution in [0.5, 0.6) is 0 Å². The minimum atomic E-state index is -0.149. The van der Waals surface area contributed by atoms with Gasteiger partial charge in [-0.25, -0.2) is 4.98 Å². The largest absolute Gasteiger partial charge is 0.350 e. The Bertz CT molecular complexity index is 683. The Morgan fingerprint density at radius 1 is 1.25 bits per heavy atom. The number of guanidine groups is 1. The molecule has 0 saturated heterocycles. The van der Waals surface area contributed by atoms with Crippen LogP contribution in [0.2, 0.25) is 0 Å². The smallest absolute Gasteiger partial charge is 0.232 e. The van der Waals surface area contributed by atoms with Crippen LogP contribution in [0.25, 0.3) is 0 Å².